The van der Waals surface area contributed by atoms with Gasteiger partial charge in [0, 0.05) is 25.6 Å². The first-order valence-corrected chi connectivity index (χ1v) is 9.04. The van der Waals surface area contributed by atoms with Crippen LogP contribution in [0.2, 0.25) is 0 Å². The monoisotopic (exact) mass is 413 g/mol. The molecule has 0 aromatic heterocycles. The third-order valence-electron chi connectivity index (χ3n) is 3.07. The van der Waals surface area contributed by atoms with Crippen molar-refractivity contribution in [2.45, 2.75) is 17.4 Å². The molecule has 0 aliphatic carbocycles. The van der Waals surface area contributed by atoms with Gasteiger partial charge in [0.15, 0.2) is 0 Å². The quantitative estimate of drug-likeness (QED) is 0.657. The molecule has 1 nitrogen and oxygen atoms in total. The van der Waals surface area contributed by atoms with Crippen LogP contribution in [0.1, 0.15) is 5.56 Å². The first-order valence-electron chi connectivity index (χ1n) is 6.47. The molecule has 0 spiro atoms. The Morgan fingerprint density at radius 3 is 2.05 bits per heavy atom. The maximum absolute atomic E-state index is 3.47. The van der Waals surface area contributed by atoms with E-state index in [4.69, 9.17) is 0 Å². The zero-order valence-electron chi connectivity index (χ0n) is 11.3. The largest absolute Gasteiger partial charge is 0.316 e. The molecule has 1 N–H and O–H groups in total. The molecule has 1 atom stereocenters. The molecular formula is C16H17Br2NS. The second kappa shape index (κ2) is 8.23. The molecule has 0 fully saturated rings. The zero-order chi connectivity index (χ0) is 14.4. The van der Waals surface area contributed by atoms with E-state index in [1.165, 1.54) is 10.5 Å². The van der Waals surface area contributed by atoms with Gasteiger partial charge in [-0.15, -0.1) is 11.8 Å². The van der Waals surface area contributed by atoms with Gasteiger partial charge in [-0.25, -0.2) is 0 Å². The minimum Gasteiger partial charge on any atom is -0.316 e. The Labute approximate surface area is 141 Å². The van der Waals surface area contributed by atoms with E-state index in [0.29, 0.717) is 6.04 Å². The fourth-order valence-corrected chi connectivity index (χ4v) is 3.41. The van der Waals surface area contributed by atoms with Crippen LogP contribution >= 0.6 is 43.6 Å². The second-order valence-corrected chi connectivity index (χ2v) is 7.51. The molecule has 0 saturated heterocycles. The minimum absolute atomic E-state index is 0.477. The molecule has 4 heteroatoms. The number of rotatable bonds is 6. The minimum atomic E-state index is 0.477. The molecule has 1 unspecified atom stereocenters. The third kappa shape index (κ3) is 5.24. The van der Waals surface area contributed by atoms with E-state index < -0.39 is 0 Å². The van der Waals surface area contributed by atoms with Crippen molar-refractivity contribution < 1.29 is 0 Å². The van der Waals surface area contributed by atoms with Gasteiger partial charge in [0.1, 0.15) is 0 Å². The summed E-state index contributed by atoms with van der Waals surface area (Å²) >= 11 is 8.83. The van der Waals surface area contributed by atoms with Gasteiger partial charge < -0.3 is 5.32 Å². The van der Waals surface area contributed by atoms with Crippen LogP contribution in [0.5, 0.6) is 0 Å². The van der Waals surface area contributed by atoms with Crippen LogP contribution in [0.15, 0.2) is 62.4 Å². The van der Waals surface area contributed by atoms with E-state index in [-0.39, 0.29) is 0 Å². The topological polar surface area (TPSA) is 12.0 Å². The van der Waals surface area contributed by atoms with E-state index in [1.54, 1.807) is 0 Å². The fraction of sp³-hybridized carbons (Fsp3) is 0.250. The van der Waals surface area contributed by atoms with Crippen LogP contribution in [0.3, 0.4) is 0 Å². The lowest BCUT2D eigenvalue weighted by Crippen LogP contribution is -2.30. The van der Waals surface area contributed by atoms with Crippen molar-refractivity contribution in [2.24, 2.45) is 0 Å². The lowest BCUT2D eigenvalue weighted by atomic mass is 10.1. The van der Waals surface area contributed by atoms with Crippen molar-refractivity contribution in [3.63, 3.8) is 0 Å². The number of thioether (sulfide) groups is 1. The van der Waals surface area contributed by atoms with Crippen LogP contribution in [0, 0.1) is 0 Å². The summed E-state index contributed by atoms with van der Waals surface area (Å²) in [5.74, 6) is 1.06. The van der Waals surface area contributed by atoms with Gasteiger partial charge in [0.25, 0.3) is 0 Å². The number of hydrogen-bond donors (Lipinski definition) is 1. The fourth-order valence-electron chi connectivity index (χ4n) is 1.88. The summed E-state index contributed by atoms with van der Waals surface area (Å²) in [4.78, 5) is 1.31. The van der Waals surface area contributed by atoms with Gasteiger partial charge in [0.2, 0.25) is 0 Å². The number of nitrogens with one attached hydrogen (secondary N) is 1. The maximum Gasteiger partial charge on any atom is 0.0199 e. The van der Waals surface area contributed by atoms with Crippen LogP contribution in [0.4, 0.5) is 0 Å². The maximum atomic E-state index is 3.47. The number of hydrogen-bond acceptors (Lipinski definition) is 2. The summed E-state index contributed by atoms with van der Waals surface area (Å²) in [6.45, 7) is 0. The molecule has 2 rings (SSSR count). The second-order valence-electron chi connectivity index (χ2n) is 4.58. The Kier molecular flexibility index (Phi) is 6.62. The normalized spacial score (nSPS) is 12.3. The molecule has 20 heavy (non-hydrogen) atoms. The average molecular weight is 415 g/mol. The van der Waals surface area contributed by atoms with Crippen molar-refractivity contribution in [1.29, 1.82) is 0 Å². The lowest BCUT2D eigenvalue weighted by Gasteiger charge is -2.16. The summed E-state index contributed by atoms with van der Waals surface area (Å²) < 4.78 is 2.26. The predicted octanol–water partition coefficient (Wildman–Crippen LogP) is 5.13. The molecule has 0 amide bonds. The summed E-state index contributed by atoms with van der Waals surface area (Å²) in [6.07, 6.45) is 1.05. The van der Waals surface area contributed by atoms with Gasteiger partial charge in [0.05, 0.1) is 0 Å². The Balaban J connectivity index is 1.88. The van der Waals surface area contributed by atoms with E-state index in [2.05, 4.69) is 85.7 Å². The van der Waals surface area contributed by atoms with Crippen LogP contribution < -0.4 is 5.32 Å². The third-order valence-corrected chi connectivity index (χ3v) is 5.30. The summed E-state index contributed by atoms with van der Waals surface area (Å²) in [7, 11) is 2.03. The highest BCUT2D eigenvalue weighted by atomic mass is 79.9. The van der Waals surface area contributed by atoms with Crippen LogP contribution in [-0.2, 0) is 6.42 Å². The molecule has 0 bridgehead atoms. The molecule has 2 aromatic rings. The van der Waals surface area contributed by atoms with Crippen molar-refractivity contribution in [2.75, 3.05) is 12.8 Å². The number of likely N-dealkylation sites (N-methyl/N-ethyl adjacent to an activating group) is 1. The standard InChI is InChI=1S/C16H17Br2NS/c1-19-15(10-12-2-4-13(17)5-3-12)11-20-16-8-6-14(18)7-9-16/h2-9,15,19H,10-11H2,1H3. The summed E-state index contributed by atoms with van der Waals surface area (Å²) in [6, 6.07) is 17.5. The number of halogens is 2. The number of benzene rings is 2. The molecule has 0 aliphatic heterocycles. The first kappa shape index (κ1) is 16.1. The summed E-state index contributed by atoms with van der Waals surface area (Å²) in [5, 5.41) is 3.40. The van der Waals surface area contributed by atoms with Crippen LogP contribution in [0.25, 0.3) is 0 Å². The van der Waals surface area contributed by atoms with Crippen molar-refractivity contribution in [3.8, 4) is 0 Å². The Hall–Kier alpha value is -0.290. The molecule has 0 aliphatic rings. The van der Waals surface area contributed by atoms with Gasteiger partial charge in [-0.1, -0.05) is 44.0 Å². The van der Waals surface area contributed by atoms with Crippen molar-refractivity contribution in [3.05, 3.63) is 63.0 Å². The van der Waals surface area contributed by atoms with E-state index in [0.717, 1.165) is 21.1 Å². The van der Waals surface area contributed by atoms with Gasteiger partial charge in [-0.05, 0) is 55.4 Å². The van der Waals surface area contributed by atoms with E-state index >= 15 is 0 Å². The van der Waals surface area contributed by atoms with E-state index in [9.17, 15) is 0 Å². The molecule has 0 heterocycles. The SMILES string of the molecule is CNC(CSc1ccc(Br)cc1)Cc1ccc(Br)cc1. The smallest absolute Gasteiger partial charge is 0.0199 e. The van der Waals surface area contributed by atoms with Crippen molar-refractivity contribution >= 4 is 43.6 Å². The molecular weight excluding hydrogens is 398 g/mol. The highest BCUT2D eigenvalue weighted by molar-refractivity contribution is 9.10. The Morgan fingerprint density at radius 2 is 1.50 bits per heavy atom. The Bertz CT molecular complexity index is 525. The first-order chi connectivity index (χ1) is 9.67. The average Bonchev–Trinajstić information content (AvgIpc) is 2.47. The van der Waals surface area contributed by atoms with E-state index in [1.807, 2.05) is 18.8 Å². The Morgan fingerprint density at radius 1 is 0.950 bits per heavy atom. The summed E-state index contributed by atoms with van der Waals surface area (Å²) in [5.41, 5.74) is 1.36. The lowest BCUT2D eigenvalue weighted by molar-refractivity contribution is 0.617. The van der Waals surface area contributed by atoms with Gasteiger partial charge >= 0.3 is 0 Å². The predicted molar refractivity (Wildman–Crippen MR) is 95.6 cm³/mol. The highest BCUT2D eigenvalue weighted by Crippen LogP contribution is 2.22. The molecule has 0 radical (unpaired) electrons. The molecule has 106 valence electrons. The van der Waals surface area contributed by atoms with Crippen molar-refractivity contribution in [1.82, 2.24) is 5.32 Å². The molecule has 0 saturated carbocycles. The highest BCUT2D eigenvalue weighted by Gasteiger charge is 2.08. The zero-order valence-corrected chi connectivity index (χ0v) is 15.3. The van der Waals surface area contributed by atoms with Gasteiger partial charge in [-0.3, -0.25) is 0 Å². The van der Waals surface area contributed by atoms with Crippen LogP contribution in [-0.4, -0.2) is 18.8 Å². The van der Waals surface area contributed by atoms with Gasteiger partial charge in [-0.2, -0.15) is 0 Å². The molecule has 2 aromatic carbocycles.